The fraction of sp³-hybridized carbons (Fsp3) is 0.200. The molecule has 1 nitrogen and oxygen atoms in total. The lowest BCUT2D eigenvalue weighted by atomic mass is 10.2. The lowest BCUT2D eigenvalue weighted by Gasteiger charge is -2.05. The first-order valence-electron chi connectivity index (χ1n) is 4.12. The normalized spacial score (nSPS) is 13.1. The van der Waals surface area contributed by atoms with Crippen LogP contribution in [0.25, 0.3) is 0 Å². The lowest BCUT2D eigenvalue weighted by molar-refractivity contribution is 0.530. The predicted octanol–water partition coefficient (Wildman–Crippen LogP) is 4.90. The summed E-state index contributed by atoms with van der Waals surface area (Å²) in [6.07, 6.45) is 1.72. The Labute approximate surface area is 103 Å². The summed E-state index contributed by atoms with van der Waals surface area (Å²) < 4.78 is 6.43. The van der Waals surface area contributed by atoms with Gasteiger partial charge in [0.2, 0.25) is 0 Å². The van der Waals surface area contributed by atoms with Gasteiger partial charge in [0, 0.05) is 10.4 Å². The molecule has 74 valence electrons. The van der Waals surface area contributed by atoms with Crippen molar-refractivity contribution in [3.63, 3.8) is 0 Å². The van der Waals surface area contributed by atoms with Gasteiger partial charge >= 0.3 is 0 Å². The van der Waals surface area contributed by atoms with Crippen LogP contribution in [0.2, 0.25) is 0 Å². The van der Waals surface area contributed by atoms with E-state index in [-0.39, 0.29) is 4.83 Å². The molecule has 2 aromatic rings. The first-order chi connectivity index (χ1) is 6.68. The van der Waals surface area contributed by atoms with E-state index in [1.54, 1.807) is 17.6 Å². The zero-order chi connectivity index (χ0) is 10.1. The lowest BCUT2D eigenvalue weighted by Crippen LogP contribution is -1.88. The molecular weight excluding hydrogens is 328 g/mol. The molecule has 0 aromatic carbocycles. The van der Waals surface area contributed by atoms with Crippen molar-refractivity contribution in [2.24, 2.45) is 0 Å². The summed E-state index contributed by atoms with van der Waals surface area (Å²) >= 11 is 8.85. The van der Waals surface area contributed by atoms with Crippen LogP contribution >= 0.6 is 43.2 Å². The van der Waals surface area contributed by atoms with Gasteiger partial charge in [-0.05, 0) is 41.1 Å². The molecule has 1 atom stereocenters. The van der Waals surface area contributed by atoms with Crippen LogP contribution in [0.4, 0.5) is 0 Å². The van der Waals surface area contributed by atoms with E-state index in [1.807, 2.05) is 13.0 Å². The van der Waals surface area contributed by atoms with Crippen molar-refractivity contribution in [1.82, 2.24) is 0 Å². The van der Waals surface area contributed by atoms with Crippen molar-refractivity contribution in [1.29, 1.82) is 0 Å². The standard InChI is InChI=1S/C10H8Br2OS/c1-6-7(4-5-13-6)10(12)8-2-3-9(11)14-8/h2-5,10H,1H3. The van der Waals surface area contributed by atoms with E-state index >= 15 is 0 Å². The van der Waals surface area contributed by atoms with Gasteiger partial charge < -0.3 is 4.42 Å². The summed E-state index contributed by atoms with van der Waals surface area (Å²) in [4.78, 5) is 1.51. The highest BCUT2D eigenvalue weighted by Gasteiger charge is 2.16. The number of aryl methyl sites for hydroxylation is 1. The van der Waals surface area contributed by atoms with E-state index in [0.29, 0.717) is 0 Å². The molecule has 0 aliphatic carbocycles. The summed E-state index contributed by atoms with van der Waals surface area (Å²) in [6.45, 7) is 1.98. The van der Waals surface area contributed by atoms with Crippen molar-refractivity contribution in [3.8, 4) is 0 Å². The second-order valence-electron chi connectivity index (χ2n) is 2.94. The predicted molar refractivity (Wildman–Crippen MR) is 66.2 cm³/mol. The Kier molecular flexibility index (Phi) is 3.14. The Bertz CT molecular complexity index is 433. The number of hydrogen-bond donors (Lipinski definition) is 0. The molecule has 0 amide bonds. The number of furan rings is 1. The average molecular weight is 336 g/mol. The van der Waals surface area contributed by atoms with Gasteiger partial charge in [-0.25, -0.2) is 0 Å². The Hall–Kier alpha value is -0.0600. The second-order valence-corrected chi connectivity index (χ2v) is 6.35. The highest BCUT2D eigenvalue weighted by molar-refractivity contribution is 9.11. The van der Waals surface area contributed by atoms with E-state index in [2.05, 4.69) is 44.0 Å². The fourth-order valence-corrected chi connectivity index (χ4v) is 3.60. The first kappa shape index (κ1) is 10.5. The molecule has 0 aliphatic heterocycles. The minimum atomic E-state index is 0.234. The van der Waals surface area contributed by atoms with Crippen LogP contribution < -0.4 is 0 Å². The van der Waals surface area contributed by atoms with E-state index in [4.69, 9.17) is 4.42 Å². The Morgan fingerprint density at radius 3 is 2.64 bits per heavy atom. The van der Waals surface area contributed by atoms with E-state index < -0.39 is 0 Å². The zero-order valence-electron chi connectivity index (χ0n) is 7.46. The summed E-state index contributed by atoms with van der Waals surface area (Å²) in [6, 6.07) is 6.17. The Morgan fingerprint density at radius 1 is 1.36 bits per heavy atom. The average Bonchev–Trinajstić information content (AvgIpc) is 2.73. The number of hydrogen-bond acceptors (Lipinski definition) is 2. The zero-order valence-corrected chi connectivity index (χ0v) is 11.4. The van der Waals surface area contributed by atoms with Crippen LogP contribution in [0.15, 0.2) is 32.7 Å². The van der Waals surface area contributed by atoms with E-state index in [1.165, 1.54) is 10.4 Å². The highest BCUT2D eigenvalue weighted by atomic mass is 79.9. The maximum Gasteiger partial charge on any atom is 0.105 e. The minimum Gasteiger partial charge on any atom is -0.469 e. The number of thiophene rings is 1. The van der Waals surface area contributed by atoms with E-state index in [0.717, 1.165) is 9.55 Å². The molecule has 14 heavy (non-hydrogen) atoms. The Balaban J connectivity index is 2.33. The second kappa shape index (κ2) is 4.21. The van der Waals surface area contributed by atoms with Crippen LogP contribution in [0.1, 0.15) is 21.0 Å². The summed E-state index contributed by atoms with van der Waals surface area (Å²) in [5, 5.41) is 0. The van der Waals surface area contributed by atoms with Gasteiger partial charge in [-0.1, -0.05) is 15.9 Å². The molecule has 0 spiro atoms. The first-order valence-corrected chi connectivity index (χ1v) is 6.64. The quantitative estimate of drug-likeness (QED) is 0.712. The number of alkyl halides is 1. The van der Waals surface area contributed by atoms with Gasteiger partial charge in [0.05, 0.1) is 14.9 Å². The minimum absolute atomic E-state index is 0.234. The molecule has 4 heteroatoms. The molecule has 0 bridgehead atoms. The molecule has 0 radical (unpaired) electrons. The Morgan fingerprint density at radius 2 is 2.14 bits per heavy atom. The van der Waals surface area contributed by atoms with Gasteiger partial charge in [-0.3, -0.25) is 0 Å². The van der Waals surface area contributed by atoms with Crippen LogP contribution in [-0.4, -0.2) is 0 Å². The third kappa shape index (κ3) is 1.97. The van der Waals surface area contributed by atoms with Gasteiger partial charge in [0.1, 0.15) is 5.76 Å². The fourth-order valence-electron chi connectivity index (χ4n) is 1.28. The van der Waals surface area contributed by atoms with Crippen molar-refractivity contribution in [2.75, 3.05) is 0 Å². The smallest absolute Gasteiger partial charge is 0.105 e. The van der Waals surface area contributed by atoms with E-state index in [9.17, 15) is 0 Å². The van der Waals surface area contributed by atoms with Crippen molar-refractivity contribution >= 4 is 43.2 Å². The maximum atomic E-state index is 5.28. The molecule has 0 N–H and O–H groups in total. The molecule has 0 saturated carbocycles. The number of rotatable bonds is 2. The van der Waals surface area contributed by atoms with Crippen molar-refractivity contribution in [3.05, 3.63) is 44.4 Å². The molecule has 1 unspecified atom stereocenters. The van der Waals surface area contributed by atoms with Gasteiger partial charge in [-0.15, -0.1) is 11.3 Å². The van der Waals surface area contributed by atoms with Crippen LogP contribution in [0.5, 0.6) is 0 Å². The molecule has 2 rings (SSSR count). The van der Waals surface area contributed by atoms with Crippen molar-refractivity contribution in [2.45, 2.75) is 11.8 Å². The summed E-state index contributed by atoms with van der Waals surface area (Å²) in [5.74, 6) is 0.969. The SMILES string of the molecule is Cc1occc1C(Br)c1ccc(Br)s1. The molecule has 2 heterocycles. The molecular formula is C10H8Br2OS. The van der Waals surface area contributed by atoms with Crippen molar-refractivity contribution < 1.29 is 4.42 Å². The maximum absolute atomic E-state index is 5.28. The monoisotopic (exact) mass is 334 g/mol. The summed E-state index contributed by atoms with van der Waals surface area (Å²) in [7, 11) is 0. The molecule has 2 aromatic heterocycles. The number of halogens is 2. The molecule has 0 saturated heterocycles. The van der Waals surface area contributed by atoms with Gasteiger partial charge in [-0.2, -0.15) is 0 Å². The summed E-state index contributed by atoms with van der Waals surface area (Å²) in [5.41, 5.74) is 1.19. The van der Waals surface area contributed by atoms with Crippen LogP contribution in [0.3, 0.4) is 0 Å². The third-order valence-corrected chi connectivity index (χ3v) is 4.99. The largest absolute Gasteiger partial charge is 0.469 e. The van der Waals surface area contributed by atoms with Crippen LogP contribution in [-0.2, 0) is 0 Å². The van der Waals surface area contributed by atoms with Gasteiger partial charge in [0.25, 0.3) is 0 Å². The molecule has 0 fully saturated rings. The molecule has 0 aliphatic rings. The van der Waals surface area contributed by atoms with Gasteiger partial charge in [0.15, 0.2) is 0 Å². The third-order valence-electron chi connectivity index (χ3n) is 2.02. The highest BCUT2D eigenvalue weighted by Crippen LogP contribution is 2.38. The topological polar surface area (TPSA) is 13.1 Å². The van der Waals surface area contributed by atoms with Crippen LogP contribution in [0, 0.1) is 6.92 Å².